The van der Waals surface area contributed by atoms with Gasteiger partial charge in [0.05, 0.1) is 0 Å². The molecule has 0 aromatic rings. The molecule has 0 spiro atoms. The summed E-state index contributed by atoms with van der Waals surface area (Å²) in [7, 11) is 0.106. The fraction of sp³-hybridized carbons (Fsp3) is 0.250. The first-order valence-electron chi connectivity index (χ1n) is 2.29. The average Bonchev–Trinajstić information content (AvgIpc) is 1.81. The van der Waals surface area contributed by atoms with Gasteiger partial charge in [0, 0.05) is 12.2 Å². The molecule has 0 unspecified atom stereocenters. The first kappa shape index (κ1) is 9.22. The van der Waals surface area contributed by atoms with Crippen molar-refractivity contribution in [3.05, 3.63) is 12.2 Å². The fourth-order valence-corrected chi connectivity index (χ4v) is 0.367. The van der Waals surface area contributed by atoms with Crippen LogP contribution in [-0.2, 0) is 9.22 Å². The summed E-state index contributed by atoms with van der Waals surface area (Å²) in [6.45, 7) is 0. The van der Waals surface area contributed by atoms with Gasteiger partial charge in [-0.25, -0.2) is 4.79 Å². The summed E-state index contributed by atoms with van der Waals surface area (Å²) in [5.74, 6) is -0.955. The zero-order chi connectivity index (χ0) is 8.20. The molecule has 0 aliphatic heterocycles. The van der Waals surface area contributed by atoms with Gasteiger partial charge in [0.1, 0.15) is 0 Å². The number of hydrogen-bond donors (Lipinski definition) is 0. The highest BCUT2D eigenvalue weighted by Crippen LogP contribution is 2.15. The predicted octanol–water partition coefficient (Wildman–Crippen LogP) is -0.0715. The van der Waals surface area contributed by atoms with E-state index in [1.165, 1.54) is 0 Å². The minimum Gasteiger partial charge on any atom is -0.526 e. The molecular formula is C4H5F3O2Si. The second kappa shape index (κ2) is 3.40. The Hall–Kier alpha value is -0.783. The van der Waals surface area contributed by atoms with Gasteiger partial charge in [-0.15, -0.1) is 0 Å². The lowest BCUT2D eigenvalue weighted by Crippen LogP contribution is -2.04. The first-order valence-corrected chi connectivity index (χ1v) is 3.11. The smallest absolute Gasteiger partial charge is 0.410 e. The molecule has 0 saturated carbocycles. The maximum absolute atomic E-state index is 11.3. The molecule has 0 rings (SSSR count). The quantitative estimate of drug-likeness (QED) is 0.406. The molecule has 0 radical (unpaired) electrons. The van der Waals surface area contributed by atoms with E-state index in [2.05, 4.69) is 4.43 Å². The molecule has 0 saturated heterocycles. The first-order chi connectivity index (χ1) is 4.45. The predicted molar refractivity (Wildman–Crippen MR) is 31.2 cm³/mol. The van der Waals surface area contributed by atoms with Crippen molar-refractivity contribution in [2.75, 3.05) is 0 Å². The molecule has 0 aromatic heterocycles. The maximum Gasteiger partial charge on any atom is 0.410 e. The summed E-state index contributed by atoms with van der Waals surface area (Å²) < 4.78 is 37.9. The van der Waals surface area contributed by atoms with E-state index < -0.39 is 12.1 Å². The Morgan fingerprint density at radius 3 is 2.30 bits per heavy atom. The lowest BCUT2D eigenvalue weighted by atomic mass is 10.5. The summed E-state index contributed by atoms with van der Waals surface area (Å²) in [5.41, 5.74) is 0. The second-order valence-electron chi connectivity index (χ2n) is 1.40. The van der Waals surface area contributed by atoms with Crippen molar-refractivity contribution in [1.82, 2.24) is 0 Å². The van der Waals surface area contributed by atoms with Crippen LogP contribution >= 0.6 is 0 Å². The van der Waals surface area contributed by atoms with Crippen LogP contribution in [0.3, 0.4) is 0 Å². The van der Waals surface area contributed by atoms with Gasteiger partial charge < -0.3 is 4.43 Å². The average molecular weight is 170 g/mol. The lowest BCUT2D eigenvalue weighted by molar-refractivity contribution is -0.129. The zero-order valence-corrected chi connectivity index (χ0v) is 7.11. The normalized spacial score (nSPS) is 12.3. The Morgan fingerprint density at radius 1 is 1.50 bits per heavy atom. The highest BCUT2D eigenvalue weighted by atomic mass is 28.2. The number of halogens is 3. The van der Waals surface area contributed by atoms with Gasteiger partial charge in [-0.1, -0.05) is 0 Å². The van der Waals surface area contributed by atoms with Crippen LogP contribution in [0.5, 0.6) is 0 Å². The van der Waals surface area contributed by atoms with Crippen LogP contribution in [0.25, 0.3) is 0 Å². The molecule has 0 heterocycles. The largest absolute Gasteiger partial charge is 0.526 e. The Balaban J connectivity index is 3.88. The second-order valence-corrected chi connectivity index (χ2v) is 1.81. The minimum atomic E-state index is -4.43. The molecule has 0 bridgehead atoms. The Kier molecular flexibility index (Phi) is 3.14. The van der Waals surface area contributed by atoms with Gasteiger partial charge >= 0.3 is 12.1 Å². The van der Waals surface area contributed by atoms with E-state index in [1.807, 2.05) is 0 Å². The Morgan fingerprint density at radius 2 is 2.00 bits per heavy atom. The third-order valence-corrected chi connectivity index (χ3v) is 1.01. The summed E-state index contributed by atoms with van der Waals surface area (Å²) >= 11 is 0. The van der Waals surface area contributed by atoms with Crippen LogP contribution in [0.2, 0.25) is 0 Å². The number of carbonyl (C=O) groups is 1. The van der Waals surface area contributed by atoms with Gasteiger partial charge in [0.15, 0.2) is 0 Å². The number of allylic oxidation sites excluding steroid dienone is 1. The Bertz CT molecular complexity index is 151. The van der Waals surface area contributed by atoms with E-state index >= 15 is 0 Å². The topological polar surface area (TPSA) is 26.3 Å². The van der Waals surface area contributed by atoms with Gasteiger partial charge in [0.2, 0.25) is 10.5 Å². The molecule has 0 aliphatic carbocycles. The van der Waals surface area contributed by atoms with Crippen molar-refractivity contribution in [2.45, 2.75) is 6.18 Å². The van der Waals surface area contributed by atoms with Gasteiger partial charge in [0.25, 0.3) is 0 Å². The van der Waals surface area contributed by atoms with Crippen LogP contribution in [0, 0.1) is 0 Å². The summed E-state index contributed by atoms with van der Waals surface area (Å²) in [5, 5.41) is 0. The fourth-order valence-electron chi connectivity index (χ4n) is 0.231. The maximum atomic E-state index is 11.3. The molecule has 0 aromatic carbocycles. The number of rotatable bonds is 1. The highest BCUT2D eigenvalue weighted by molar-refractivity contribution is 6.07. The van der Waals surface area contributed by atoms with Crippen molar-refractivity contribution in [3.8, 4) is 0 Å². The van der Waals surface area contributed by atoms with Gasteiger partial charge in [-0.05, 0) is 0 Å². The van der Waals surface area contributed by atoms with Crippen molar-refractivity contribution in [2.24, 2.45) is 0 Å². The SMILES string of the molecule is O=C(C=CC(F)(F)F)O[SiH3]. The van der Waals surface area contributed by atoms with E-state index in [-0.39, 0.29) is 16.6 Å². The van der Waals surface area contributed by atoms with Crippen molar-refractivity contribution < 1.29 is 22.4 Å². The summed E-state index contributed by atoms with van der Waals surface area (Å²) in [6, 6.07) is 0. The van der Waals surface area contributed by atoms with Gasteiger partial charge in [-0.3, -0.25) is 0 Å². The van der Waals surface area contributed by atoms with E-state index in [4.69, 9.17) is 0 Å². The zero-order valence-electron chi connectivity index (χ0n) is 5.11. The standard InChI is InChI=1S/C4H5F3O2Si/c5-4(6,7)2-1-3(8)9-10/h1-2H,10H3. The molecule has 0 N–H and O–H groups in total. The van der Waals surface area contributed by atoms with Crippen LogP contribution in [0.15, 0.2) is 12.2 Å². The van der Waals surface area contributed by atoms with Crippen LogP contribution in [-0.4, -0.2) is 22.6 Å². The monoisotopic (exact) mass is 170 g/mol. The lowest BCUT2D eigenvalue weighted by Gasteiger charge is -1.96. The van der Waals surface area contributed by atoms with Crippen molar-refractivity contribution in [3.63, 3.8) is 0 Å². The van der Waals surface area contributed by atoms with Crippen LogP contribution < -0.4 is 0 Å². The Labute approximate surface area is 58.2 Å². The third-order valence-electron chi connectivity index (χ3n) is 0.610. The molecule has 0 atom stereocenters. The molecule has 10 heavy (non-hydrogen) atoms. The summed E-state index contributed by atoms with van der Waals surface area (Å²) in [4.78, 5) is 10.1. The molecular weight excluding hydrogens is 165 g/mol. The van der Waals surface area contributed by atoms with Crippen molar-refractivity contribution in [1.29, 1.82) is 0 Å². The molecule has 0 amide bonds. The molecule has 2 nitrogen and oxygen atoms in total. The van der Waals surface area contributed by atoms with Crippen LogP contribution in [0.1, 0.15) is 0 Å². The molecule has 58 valence electrons. The molecule has 0 aliphatic rings. The van der Waals surface area contributed by atoms with E-state index in [0.717, 1.165) is 0 Å². The number of alkyl halides is 3. The minimum absolute atomic E-state index is 0.106. The third kappa shape index (κ3) is 5.36. The van der Waals surface area contributed by atoms with E-state index in [0.29, 0.717) is 6.08 Å². The molecule has 6 heteroatoms. The van der Waals surface area contributed by atoms with E-state index in [1.54, 1.807) is 0 Å². The highest BCUT2D eigenvalue weighted by Gasteiger charge is 2.22. The van der Waals surface area contributed by atoms with Gasteiger partial charge in [-0.2, -0.15) is 13.2 Å². The number of carbonyl (C=O) groups excluding carboxylic acids is 1. The van der Waals surface area contributed by atoms with Crippen molar-refractivity contribution >= 4 is 16.5 Å². The van der Waals surface area contributed by atoms with Crippen LogP contribution in [0.4, 0.5) is 13.2 Å². The number of hydrogen-bond acceptors (Lipinski definition) is 2. The molecule has 0 fully saturated rings. The van der Waals surface area contributed by atoms with E-state index in [9.17, 15) is 18.0 Å². The summed E-state index contributed by atoms with van der Waals surface area (Å²) in [6.07, 6.45) is -4.24.